The third-order valence-corrected chi connectivity index (χ3v) is 2.21. The normalized spacial score (nSPS) is 11.3. The average molecular weight is 264 g/mol. The topological polar surface area (TPSA) is 88.7 Å². The van der Waals surface area contributed by atoms with Crippen molar-refractivity contribution < 1.29 is 9.53 Å². The molecule has 0 heterocycles. The first-order valence-electron chi connectivity index (χ1n) is 6.01. The van der Waals surface area contributed by atoms with Gasteiger partial charge in [0, 0.05) is 11.7 Å². The van der Waals surface area contributed by atoms with E-state index in [2.05, 4.69) is 15.6 Å². The van der Waals surface area contributed by atoms with E-state index in [0.29, 0.717) is 0 Å². The Bertz CT molecular complexity index is 440. The molecule has 1 aromatic carbocycles. The zero-order valence-corrected chi connectivity index (χ0v) is 11.4. The number of methoxy groups -OCH3 is 1. The van der Waals surface area contributed by atoms with Gasteiger partial charge in [-0.15, -0.1) is 0 Å². The van der Waals surface area contributed by atoms with Crippen molar-refractivity contribution in [1.29, 1.82) is 0 Å². The van der Waals surface area contributed by atoms with Gasteiger partial charge in [0.25, 0.3) is 0 Å². The summed E-state index contributed by atoms with van der Waals surface area (Å²) >= 11 is 0. The Morgan fingerprint density at radius 3 is 2.53 bits per heavy atom. The number of hydrogen-bond donors (Lipinski definition) is 3. The van der Waals surface area contributed by atoms with Crippen molar-refractivity contribution >= 4 is 17.6 Å². The third-order valence-electron chi connectivity index (χ3n) is 2.21. The molecule has 104 valence electrons. The minimum atomic E-state index is -0.158. The molecule has 0 radical (unpaired) electrons. The Morgan fingerprint density at radius 1 is 1.37 bits per heavy atom. The summed E-state index contributed by atoms with van der Waals surface area (Å²) in [7, 11) is 1.60. The van der Waals surface area contributed by atoms with Crippen LogP contribution in [0.3, 0.4) is 0 Å². The predicted molar refractivity (Wildman–Crippen MR) is 76.4 cm³/mol. The van der Waals surface area contributed by atoms with Crippen LogP contribution >= 0.6 is 0 Å². The number of guanidine groups is 1. The lowest BCUT2D eigenvalue weighted by atomic mass is 10.3. The number of anilines is 1. The Hall–Kier alpha value is -2.24. The maximum absolute atomic E-state index is 11.4. The fourth-order valence-corrected chi connectivity index (χ4v) is 1.39. The number of carbonyl (C=O) groups excluding carboxylic acids is 1. The van der Waals surface area contributed by atoms with Gasteiger partial charge in [-0.3, -0.25) is 4.79 Å². The van der Waals surface area contributed by atoms with Gasteiger partial charge in [0.2, 0.25) is 5.91 Å². The van der Waals surface area contributed by atoms with E-state index >= 15 is 0 Å². The Kier molecular flexibility index (Phi) is 5.66. The molecule has 19 heavy (non-hydrogen) atoms. The summed E-state index contributed by atoms with van der Waals surface area (Å²) in [6.45, 7) is 3.79. The van der Waals surface area contributed by atoms with Crippen LogP contribution < -0.4 is 21.1 Å². The van der Waals surface area contributed by atoms with Crippen LogP contribution in [0.15, 0.2) is 29.3 Å². The number of nitrogens with two attached hydrogens (primary N) is 1. The van der Waals surface area contributed by atoms with Crippen LogP contribution in [0.4, 0.5) is 5.69 Å². The van der Waals surface area contributed by atoms with E-state index in [4.69, 9.17) is 10.5 Å². The molecule has 6 heteroatoms. The van der Waals surface area contributed by atoms with Crippen LogP contribution in [0.2, 0.25) is 0 Å². The number of nitrogens with zero attached hydrogens (tertiary/aromatic N) is 1. The van der Waals surface area contributed by atoms with Crippen molar-refractivity contribution in [3.8, 4) is 5.75 Å². The van der Waals surface area contributed by atoms with Gasteiger partial charge in [-0.25, -0.2) is 4.99 Å². The second-order valence-corrected chi connectivity index (χ2v) is 4.28. The van der Waals surface area contributed by atoms with E-state index in [9.17, 15) is 4.79 Å². The van der Waals surface area contributed by atoms with Crippen LogP contribution in [-0.2, 0) is 4.79 Å². The molecule has 0 aliphatic heterocycles. The number of carbonyl (C=O) groups is 1. The highest BCUT2D eigenvalue weighted by Gasteiger charge is 2.02. The fourth-order valence-electron chi connectivity index (χ4n) is 1.39. The zero-order valence-electron chi connectivity index (χ0n) is 11.4. The van der Waals surface area contributed by atoms with Gasteiger partial charge < -0.3 is 21.1 Å². The van der Waals surface area contributed by atoms with E-state index in [0.717, 1.165) is 11.4 Å². The molecular weight excluding hydrogens is 244 g/mol. The second-order valence-electron chi connectivity index (χ2n) is 4.28. The summed E-state index contributed by atoms with van der Waals surface area (Å²) in [6.07, 6.45) is 0. The molecule has 0 aromatic heterocycles. The lowest BCUT2D eigenvalue weighted by molar-refractivity contribution is -0.120. The number of rotatable bonds is 5. The molecule has 0 aliphatic carbocycles. The van der Waals surface area contributed by atoms with Gasteiger partial charge in [0.05, 0.1) is 7.11 Å². The van der Waals surface area contributed by atoms with Gasteiger partial charge in [-0.05, 0) is 38.1 Å². The van der Waals surface area contributed by atoms with Gasteiger partial charge in [-0.2, -0.15) is 0 Å². The molecule has 6 nitrogen and oxygen atoms in total. The minimum absolute atomic E-state index is 0.00711. The van der Waals surface area contributed by atoms with Crippen LogP contribution in [0, 0.1) is 0 Å². The summed E-state index contributed by atoms with van der Waals surface area (Å²) in [5.74, 6) is 0.802. The van der Waals surface area contributed by atoms with Gasteiger partial charge in [0.1, 0.15) is 12.3 Å². The van der Waals surface area contributed by atoms with Gasteiger partial charge >= 0.3 is 0 Å². The molecular formula is C13H20N4O2. The summed E-state index contributed by atoms with van der Waals surface area (Å²) in [6, 6.07) is 7.34. The SMILES string of the molecule is COc1ccc(NC(N)=NCC(=O)NC(C)C)cc1. The first-order chi connectivity index (χ1) is 9.01. The quantitative estimate of drug-likeness (QED) is 0.545. The molecule has 0 fully saturated rings. The monoisotopic (exact) mass is 264 g/mol. The van der Waals surface area contributed by atoms with E-state index in [1.165, 1.54) is 0 Å². The first-order valence-corrected chi connectivity index (χ1v) is 6.01. The van der Waals surface area contributed by atoms with E-state index in [1.54, 1.807) is 19.2 Å². The molecule has 0 saturated carbocycles. The van der Waals surface area contributed by atoms with Crippen molar-refractivity contribution in [1.82, 2.24) is 5.32 Å². The Labute approximate surface area is 113 Å². The van der Waals surface area contributed by atoms with Gasteiger partial charge in [-0.1, -0.05) is 0 Å². The largest absolute Gasteiger partial charge is 0.497 e. The predicted octanol–water partition coefficient (Wildman–Crippen LogP) is 0.946. The molecule has 1 aromatic rings. The molecule has 0 unspecified atom stereocenters. The minimum Gasteiger partial charge on any atom is -0.497 e. The highest BCUT2D eigenvalue weighted by Crippen LogP contribution is 2.14. The maximum atomic E-state index is 11.4. The van der Waals surface area contributed by atoms with Crippen molar-refractivity contribution in [3.63, 3.8) is 0 Å². The average Bonchev–Trinajstić information content (AvgIpc) is 2.36. The van der Waals surface area contributed by atoms with Crippen molar-refractivity contribution in [2.24, 2.45) is 10.7 Å². The molecule has 1 amide bonds. The molecule has 0 spiro atoms. The van der Waals surface area contributed by atoms with E-state index < -0.39 is 0 Å². The van der Waals surface area contributed by atoms with Crippen molar-refractivity contribution in [2.45, 2.75) is 19.9 Å². The fraction of sp³-hybridized carbons (Fsp3) is 0.385. The molecule has 0 bridgehead atoms. The number of ether oxygens (including phenoxy) is 1. The highest BCUT2D eigenvalue weighted by atomic mass is 16.5. The number of hydrogen-bond acceptors (Lipinski definition) is 3. The third kappa shape index (κ3) is 5.76. The Balaban J connectivity index is 2.48. The first kappa shape index (κ1) is 14.8. The lowest BCUT2D eigenvalue weighted by Gasteiger charge is -2.08. The standard InChI is InChI=1S/C13H20N4O2/c1-9(2)16-12(18)8-15-13(14)17-10-4-6-11(19-3)7-5-10/h4-7,9H,8H2,1-3H3,(H,16,18)(H3,14,15,17). The second kappa shape index (κ2) is 7.25. The summed E-state index contributed by atoms with van der Waals surface area (Å²) in [5, 5.41) is 5.63. The zero-order chi connectivity index (χ0) is 14.3. The number of nitrogens with one attached hydrogen (secondary N) is 2. The number of amides is 1. The molecule has 0 saturated heterocycles. The molecule has 0 aliphatic rings. The highest BCUT2D eigenvalue weighted by molar-refractivity contribution is 5.93. The van der Waals surface area contributed by atoms with Crippen LogP contribution in [0.5, 0.6) is 5.75 Å². The van der Waals surface area contributed by atoms with Crippen LogP contribution in [0.25, 0.3) is 0 Å². The van der Waals surface area contributed by atoms with Crippen molar-refractivity contribution in [3.05, 3.63) is 24.3 Å². The molecule has 4 N–H and O–H groups in total. The summed E-state index contributed by atoms with van der Waals surface area (Å²) in [4.78, 5) is 15.3. The number of aliphatic imine (C=N–C) groups is 1. The summed E-state index contributed by atoms with van der Waals surface area (Å²) in [5.41, 5.74) is 6.47. The maximum Gasteiger partial charge on any atom is 0.242 e. The van der Waals surface area contributed by atoms with E-state index in [-0.39, 0.29) is 24.5 Å². The lowest BCUT2D eigenvalue weighted by Crippen LogP contribution is -2.33. The Morgan fingerprint density at radius 2 is 2.00 bits per heavy atom. The molecule has 1 rings (SSSR count). The smallest absolute Gasteiger partial charge is 0.242 e. The number of benzene rings is 1. The summed E-state index contributed by atoms with van der Waals surface area (Å²) < 4.78 is 5.05. The van der Waals surface area contributed by atoms with Crippen LogP contribution in [-0.4, -0.2) is 31.6 Å². The van der Waals surface area contributed by atoms with Crippen LogP contribution in [0.1, 0.15) is 13.8 Å². The van der Waals surface area contributed by atoms with Crippen molar-refractivity contribution in [2.75, 3.05) is 19.0 Å². The molecule has 0 atom stereocenters. The van der Waals surface area contributed by atoms with E-state index in [1.807, 2.05) is 26.0 Å². The van der Waals surface area contributed by atoms with Gasteiger partial charge in [0.15, 0.2) is 5.96 Å².